The van der Waals surface area contributed by atoms with Crippen LogP contribution in [0.3, 0.4) is 0 Å². The van der Waals surface area contributed by atoms with Crippen molar-refractivity contribution in [3.63, 3.8) is 0 Å². The van der Waals surface area contributed by atoms with E-state index in [4.69, 9.17) is 0 Å². The molecule has 2 aromatic rings. The number of carbonyl (C=O) groups excluding carboxylic acids is 1. The number of hydrogen-bond donors (Lipinski definition) is 2. The van der Waals surface area contributed by atoms with Crippen LogP contribution in [-0.4, -0.2) is 48.6 Å². The van der Waals surface area contributed by atoms with E-state index < -0.39 is 16.1 Å². The van der Waals surface area contributed by atoms with Crippen LogP contribution >= 0.6 is 0 Å². The van der Waals surface area contributed by atoms with Gasteiger partial charge in [-0.3, -0.25) is 9.89 Å². The van der Waals surface area contributed by atoms with Gasteiger partial charge in [0.15, 0.2) is 0 Å². The highest BCUT2D eigenvalue weighted by atomic mass is 32.2. The number of rotatable bonds is 2. The predicted molar refractivity (Wildman–Crippen MR) is 91.4 cm³/mol. The highest BCUT2D eigenvalue weighted by molar-refractivity contribution is 7.89. The lowest BCUT2D eigenvalue weighted by molar-refractivity contribution is -0.134. The Morgan fingerprint density at radius 2 is 1.92 bits per heavy atom. The van der Waals surface area contributed by atoms with E-state index >= 15 is 0 Å². The Kier molecular flexibility index (Phi) is 4.09. The first-order chi connectivity index (χ1) is 12.0. The first-order valence-electron chi connectivity index (χ1n) is 8.43. The summed E-state index contributed by atoms with van der Waals surface area (Å²) in [6, 6.07) is 8.10. The highest BCUT2D eigenvalue weighted by Gasteiger charge is 2.36. The maximum Gasteiger partial charge on any atom is 0.241 e. The minimum absolute atomic E-state index is 0.138. The molecule has 8 heteroatoms. The Balaban J connectivity index is 1.46. The van der Waals surface area contributed by atoms with E-state index in [0.717, 1.165) is 18.5 Å². The molecule has 3 heterocycles. The van der Waals surface area contributed by atoms with Crippen molar-refractivity contribution in [1.82, 2.24) is 19.8 Å². The summed E-state index contributed by atoms with van der Waals surface area (Å²) in [5.74, 6) is 0.233. The SMILES string of the molecule is O=C([C@H]1Cc2ccccc2S(=O)(=O)N1)N1CCC(c2ccn[nH]2)CC1. The van der Waals surface area contributed by atoms with Crippen molar-refractivity contribution in [2.45, 2.75) is 36.1 Å². The topological polar surface area (TPSA) is 95.2 Å². The van der Waals surface area contributed by atoms with Gasteiger partial charge in [-0.05, 0) is 37.0 Å². The molecule has 0 spiro atoms. The summed E-state index contributed by atoms with van der Waals surface area (Å²) in [5.41, 5.74) is 1.80. The zero-order chi connectivity index (χ0) is 17.4. The van der Waals surface area contributed by atoms with Crippen LogP contribution in [0.4, 0.5) is 0 Å². The standard InChI is InChI=1S/C17H20N4O3S/c22-17(21-9-6-12(7-10-21)14-5-8-18-19-14)15-11-13-3-1-2-4-16(13)25(23,24)20-15/h1-5,8,12,15,20H,6-7,9-11H2,(H,18,19)/t15-/m1/s1. The quantitative estimate of drug-likeness (QED) is 0.836. The molecule has 2 N–H and O–H groups in total. The highest BCUT2D eigenvalue weighted by Crippen LogP contribution is 2.28. The lowest BCUT2D eigenvalue weighted by Crippen LogP contribution is -2.53. The molecule has 132 valence electrons. The van der Waals surface area contributed by atoms with Crippen LogP contribution < -0.4 is 4.72 Å². The zero-order valence-electron chi connectivity index (χ0n) is 13.7. The number of benzene rings is 1. The molecule has 1 amide bonds. The molecule has 1 saturated heterocycles. The number of likely N-dealkylation sites (tertiary alicyclic amines) is 1. The van der Waals surface area contributed by atoms with Crippen molar-refractivity contribution in [2.75, 3.05) is 13.1 Å². The summed E-state index contributed by atoms with van der Waals surface area (Å²) in [5, 5.41) is 6.97. The van der Waals surface area contributed by atoms with Gasteiger partial charge < -0.3 is 4.90 Å². The van der Waals surface area contributed by atoms with E-state index in [2.05, 4.69) is 14.9 Å². The average molecular weight is 360 g/mol. The molecule has 4 rings (SSSR count). The molecule has 0 radical (unpaired) electrons. The molecule has 1 atom stereocenters. The number of piperidine rings is 1. The van der Waals surface area contributed by atoms with Crippen LogP contribution in [0.25, 0.3) is 0 Å². The van der Waals surface area contributed by atoms with Gasteiger partial charge in [-0.15, -0.1) is 0 Å². The van der Waals surface area contributed by atoms with Crippen molar-refractivity contribution < 1.29 is 13.2 Å². The molecule has 25 heavy (non-hydrogen) atoms. The minimum atomic E-state index is -3.63. The summed E-state index contributed by atoms with van der Waals surface area (Å²) in [6.07, 6.45) is 3.84. The molecular formula is C17H20N4O3S. The van der Waals surface area contributed by atoms with Gasteiger partial charge in [-0.2, -0.15) is 9.82 Å². The normalized spacial score (nSPS) is 23.2. The maximum atomic E-state index is 12.8. The third kappa shape index (κ3) is 3.07. The van der Waals surface area contributed by atoms with Crippen LogP contribution in [0.1, 0.15) is 30.0 Å². The van der Waals surface area contributed by atoms with Crippen molar-refractivity contribution in [1.29, 1.82) is 0 Å². The molecule has 0 unspecified atom stereocenters. The summed E-state index contributed by atoms with van der Waals surface area (Å²) >= 11 is 0. The number of nitrogens with one attached hydrogen (secondary N) is 2. The Bertz CT molecular complexity index is 871. The average Bonchev–Trinajstić information content (AvgIpc) is 3.15. The Labute approximate surface area is 146 Å². The van der Waals surface area contributed by atoms with Crippen LogP contribution in [0.2, 0.25) is 0 Å². The third-order valence-electron chi connectivity index (χ3n) is 5.05. The van der Waals surface area contributed by atoms with Crippen molar-refractivity contribution in [3.8, 4) is 0 Å². The molecule has 1 fully saturated rings. The van der Waals surface area contributed by atoms with E-state index in [9.17, 15) is 13.2 Å². The molecule has 2 aliphatic rings. The van der Waals surface area contributed by atoms with Gasteiger partial charge in [0.05, 0.1) is 4.90 Å². The van der Waals surface area contributed by atoms with Gasteiger partial charge >= 0.3 is 0 Å². The second kappa shape index (κ2) is 6.27. The molecule has 0 bridgehead atoms. The van der Waals surface area contributed by atoms with Crippen LogP contribution in [0.5, 0.6) is 0 Å². The molecule has 7 nitrogen and oxygen atoms in total. The lowest BCUT2D eigenvalue weighted by Gasteiger charge is -2.35. The zero-order valence-corrected chi connectivity index (χ0v) is 14.5. The van der Waals surface area contributed by atoms with Crippen molar-refractivity contribution >= 4 is 15.9 Å². The number of H-pyrrole nitrogens is 1. The minimum Gasteiger partial charge on any atom is -0.341 e. The first kappa shape index (κ1) is 16.3. The molecular weight excluding hydrogens is 340 g/mol. The molecule has 0 aliphatic carbocycles. The lowest BCUT2D eigenvalue weighted by atomic mass is 9.93. The summed E-state index contributed by atoms with van der Waals surface area (Å²) in [6.45, 7) is 1.25. The Morgan fingerprint density at radius 3 is 2.64 bits per heavy atom. The maximum absolute atomic E-state index is 12.8. The fourth-order valence-electron chi connectivity index (χ4n) is 3.71. The van der Waals surface area contributed by atoms with Gasteiger partial charge in [-0.25, -0.2) is 8.42 Å². The number of nitrogens with zero attached hydrogens (tertiary/aromatic N) is 2. The van der Waals surface area contributed by atoms with Gasteiger partial charge in [0.2, 0.25) is 15.9 Å². The fraction of sp³-hybridized carbons (Fsp3) is 0.412. The van der Waals surface area contributed by atoms with E-state index in [1.54, 1.807) is 35.4 Å². The fourth-order valence-corrected chi connectivity index (χ4v) is 5.15. The summed E-state index contributed by atoms with van der Waals surface area (Å²) in [7, 11) is -3.63. The number of sulfonamides is 1. The number of carbonyl (C=O) groups is 1. The largest absolute Gasteiger partial charge is 0.341 e. The third-order valence-corrected chi connectivity index (χ3v) is 6.62. The number of amides is 1. The second-order valence-corrected chi connectivity index (χ2v) is 8.28. The second-order valence-electron chi connectivity index (χ2n) is 6.60. The summed E-state index contributed by atoms with van der Waals surface area (Å²) in [4.78, 5) is 14.9. The number of aromatic amines is 1. The van der Waals surface area contributed by atoms with E-state index in [1.165, 1.54) is 0 Å². The van der Waals surface area contributed by atoms with Crippen LogP contribution in [0.15, 0.2) is 41.4 Å². The monoisotopic (exact) mass is 360 g/mol. The van der Waals surface area contributed by atoms with Gasteiger partial charge in [-0.1, -0.05) is 18.2 Å². The van der Waals surface area contributed by atoms with E-state index in [0.29, 0.717) is 31.0 Å². The van der Waals surface area contributed by atoms with Crippen LogP contribution in [-0.2, 0) is 21.2 Å². The van der Waals surface area contributed by atoms with Crippen LogP contribution in [0, 0.1) is 0 Å². The first-order valence-corrected chi connectivity index (χ1v) is 9.91. The van der Waals surface area contributed by atoms with E-state index in [1.807, 2.05) is 6.07 Å². The van der Waals surface area contributed by atoms with Crippen molar-refractivity contribution in [2.24, 2.45) is 0 Å². The number of fused-ring (bicyclic) bond motifs is 1. The van der Waals surface area contributed by atoms with Gasteiger partial charge in [0.25, 0.3) is 0 Å². The summed E-state index contributed by atoms with van der Waals surface area (Å²) < 4.78 is 27.3. The molecule has 0 saturated carbocycles. The van der Waals surface area contributed by atoms with Gasteiger partial charge in [0.1, 0.15) is 6.04 Å². The Hall–Kier alpha value is -2.19. The number of hydrogen-bond acceptors (Lipinski definition) is 4. The Morgan fingerprint density at radius 1 is 1.16 bits per heavy atom. The molecule has 1 aromatic heterocycles. The molecule has 1 aromatic carbocycles. The van der Waals surface area contributed by atoms with Gasteiger partial charge in [0, 0.05) is 30.9 Å². The predicted octanol–water partition coefficient (Wildman–Crippen LogP) is 1.02. The van der Waals surface area contributed by atoms with E-state index in [-0.39, 0.29) is 10.8 Å². The van der Waals surface area contributed by atoms with Crippen molar-refractivity contribution in [3.05, 3.63) is 47.8 Å². The smallest absolute Gasteiger partial charge is 0.241 e. The number of aromatic nitrogens is 2. The molecule has 2 aliphatic heterocycles.